The van der Waals surface area contributed by atoms with Crippen LogP contribution in [0, 0.1) is 0 Å². The highest BCUT2D eigenvalue weighted by atomic mass is 32.2. The Morgan fingerprint density at radius 1 is 1.16 bits per heavy atom. The SMILES string of the molecule is CN(CCNC(C)(C)C)c1ccc(S(C)(=O)=O)cc1. The van der Waals surface area contributed by atoms with Gasteiger partial charge in [-0.1, -0.05) is 0 Å². The van der Waals surface area contributed by atoms with Gasteiger partial charge in [-0.2, -0.15) is 0 Å². The smallest absolute Gasteiger partial charge is 0.175 e. The van der Waals surface area contributed by atoms with E-state index < -0.39 is 9.84 Å². The summed E-state index contributed by atoms with van der Waals surface area (Å²) in [5, 5.41) is 3.42. The zero-order valence-corrected chi connectivity index (χ0v) is 13.2. The van der Waals surface area contributed by atoms with Gasteiger partial charge in [0.15, 0.2) is 9.84 Å². The molecule has 0 heterocycles. The first-order chi connectivity index (χ1) is 8.59. The number of hydrogen-bond donors (Lipinski definition) is 1. The third-order valence-electron chi connectivity index (χ3n) is 2.81. The summed E-state index contributed by atoms with van der Waals surface area (Å²) >= 11 is 0. The average molecular weight is 284 g/mol. The lowest BCUT2D eigenvalue weighted by molar-refractivity contribution is 0.431. The molecule has 0 aliphatic heterocycles. The normalized spacial score (nSPS) is 12.5. The van der Waals surface area contributed by atoms with Gasteiger partial charge in [-0.25, -0.2) is 8.42 Å². The van der Waals surface area contributed by atoms with E-state index in [0.717, 1.165) is 18.8 Å². The summed E-state index contributed by atoms with van der Waals surface area (Å²) in [6, 6.07) is 6.98. The number of nitrogens with one attached hydrogen (secondary N) is 1. The first-order valence-electron chi connectivity index (χ1n) is 6.36. The molecule has 0 aromatic heterocycles. The third-order valence-corrected chi connectivity index (χ3v) is 3.94. The first kappa shape index (κ1) is 16.0. The van der Waals surface area contributed by atoms with Crippen molar-refractivity contribution in [3.8, 4) is 0 Å². The molecule has 0 saturated carbocycles. The van der Waals surface area contributed by atoms with Gasteiger partial charge in [0, 0.05) is 37.6 Å². The molecule has 1 aromatic carbocycles. The number of hydrogen-bond acceptors (Lipinski definition) is 4. The van der Waals surface area contributed by atoms with E-state index in [4.69, 9.17) is 0 Å². The second kappa shape index (κ2) is 5.92. The molecular weight excluding hydrogens is 260 g/mol. The van der Waals surface area contributed by atoms with E-state index in [0.29, 0.717) is 4.90 Å². The van der Waals surface area contributed by atoms with Gasteiger partial charge in [-0.15, -0.1) is 0 Å². The Kier molecular flexibility index (Phi) is 4.98. The maximum atomic E-state index is 11.4. The summed E-state index contributed by atoms with van der Waals surface area (Å²) in [6.45, 7) is 8.15. The molecule has 19 heavy (non-hydrogen) atoms. The van der Waals surface area contributed by atoms with E-state index in [2.05, 4.69) is 31.0 Å². The molecule has 0 fully saturated rings. The minimum atomic E-state index is -3.11. The lowest BCUT2D eigenvalue weighted by Gasteiger charge is -2.24. The van der Waals surface area contributed by atoms with Crippen LogP contribution in [0.25, 0.3) is 0 Å². The van der Waals surface area contributed by atoms with E-state index >= 15 is 0 Å². The largest absolute Gasteiger partial charge is 0.373 e. The van der Waals surface area contributed by atoms with Crippen molar-refractivity contribution in [2.24, 2.45) is 0 Å². The van der Waals surface area contributed by atoms with Crippen LogP contribution in [0.1, 0.15) is 20.8 Å². The van der Waals surface area contributed by atoms with Gasteiger partial charge in [0.2, 0.25) is 0 Å². The fourth-order valence-electron chi connectivity index (χ4n) is 1.68. The molecule has 1 N–H and O–H groups in total. The van der Waals surface area contributed by atoms with Gasteiger partial charge in [-0.3, -0.25) is 0 Å². The summed E-state index contributed by atoms with van der Waals surface area (Å²) in [5.74, 6) is 0. The Morgan fingerprint density at radius 2 is 1.68 bits per heavy atom. The summed E-state index contributed by atoms with van der Waals surface area (Å²) in [5.41, 5.74) is 1.13. The third kappa shape index (κ3) is 5.61. The zero-order chi connectivity index (χ0) is 14.7. The van der Waals surface area contributed by atoms with E-state index in [1.807, 2.05) is 19.2 Å². The van der Waals surface area contributed by atoms with Crippen molar-refractivity contribution in [3.63, 3.8) is 0 Å². The van der Waals surface area contributed by atoms with Crippen molar-refractivity contribution in [2.75, 3.05) is 31.3 Å². The fourth-order valence-corrected chi connectivity index (χ4v) is 2.31. The van der Waals surface area contributed by atoms with Crippen molar-refractivity contribution in [1.82, 2.24) is 5.32 Å². The van der Waals surface area contributed by atoms with Crippen LogP contribution in [0.5, 0.6) is 0 Å². The number of anilines is 1. The Hall–Kier alpha value is -1.07. The van der Waals surface area contributed by atoms with Crippen molar-refractivity contribution in [2.45, 2.75) is 31.2 Å². The van der Waals surface area contributed by atoms with Crippen LogP contribution in [0.15, 0.2) is 29.2 Å². The molecule has 0 bridgehead atoms. The molecule has 5 heteroatoms. The molecule has 0 atom stereocenters. The molecule has 0 amide bonds. The van der Waals surface area contributed by atoms with Crippen LogP contribution in [0.4, 0.5) is 5.69 Å². The Bertz CT molecular complexity index is 501. The number of likely N-dealkylation sites (N-methyl/N-ethyl adjacent to an activating group) is 1. The molecule has 1 rings (SSSR count). The standard InChI is InChI=1S/C14H24N2O2S/c1-14(2,3)15-10-11-16(4)12-6-8-13(9-7-12)19(5,17)18/h6-9,15H,10-11H2,1-5H3. The molecule has 0 aliphatic rings. The van der Waals surface area contributed by atoms with Crippen LogP contribution in [-0.4, -0.2) is 40.3 Å². The molecule has 4 nitrogen and oxygen atoms in total. The van der Waals surface area contributed by atoms with Crippen LogP contribution in [-0.2, 0) is 9.84 Å². The van der Waals surface area contributed by atoms with Crippen LogP contribution >= 0.6 is 0 Å². The minimum Gasteiger partial charge on any atom is -0.373 e. The molecule has 0 spiro atoms. The van der Waals surface area contributed by atoms with Crippen molar-refractivity contribution in [1.29, 1.82) is 0 Å². The van der Waals surface area contributed by atoms with Crippen LogP contribution < -0.4 is 10.2 Å². The lowest BCUT2D eigenvalue weighted by Crippen LogP contribution is -2.40. The second-order valence-electron chi connectivity index (χ2n) is 5.86. The minimum absolute atomic E-state index is 0.112. The highest BCUT2D eigenvalue weighted by Gasteiger charge is 2.10. The Labute approximate surface area is 116 Å². The van der Waals surface area contributed by atoms with Gasteiger partial charge in [0.25, 0.3) is 0 Å². The van der Waals surface area contributed by atoms with Gasteiger partial charge in [0.05, 0.1) is 4.90 Å². The highest BCUT2D eigenvalue weighted by Crippen LogP contribution is 2.16. The molecule has 1 aromatic rings. The number of rotatable bonds is 5. The summed E-state index contributed by atoms with van der Waals surface area (Å²) in [6.07, 6.45) is 1.22. The first-order valence-corrected chi connectivity index (χ1v) is 8.25. The van der Waals surface area contributed by atoms with Crippen molar-refractivity contribution < 1.29 is 8.42 Å². The predicted octanol–water partition coefficient (Wildman–Crippen LogP) is 1.91. The lowest BCUT2D eigenvalue weighted by atomic mass is 10.1. The maximum absolute atomic E-state index is 11.4. The fraction of sp³-hybridized carbons (Fsp3) is 0.571. The van der Waals surface area contributed by atoms with E-state index in [1.54, 1.807) is 12.1 Å². The van der Waals surface area contributed by atoms with Gasteiger partial charge < -0.3 is 10.2 Å². The second-order valence-corrected chi connectivity index (χ2v) is 7.88. The predicted molar refractivity (Wildman–Crippen MR) is 80.6 cm³/mol. The Morgan fingerprint density at radius 3 is 2.11 bits per heavy atom. The molecule has 0 radical (unpaired) electrons. The zero-order valence-electron chi connectivity index (χ0n) is 12.4. The Balaban J connectivity index is 2.61. The molecule has 0 saturated heterocycles. The number of sulfone groups is 1. The summed E-state index contributed by atoms with van der Waals surface area (Å²) in [7, 11) is -1.11. The molecular formula is C14H24N2O2S. The summed E-state index contributed by atoms with van der Waals surface area (Å²) in [4.78, 5) is 2.46. The maximum Gasteiger partial charge on any atom is 0.175 e. The van der Waals surface area contributed by atoms with Crippen LogP contribution in [0.2, 0.25) is 0 Å². The van der Waals surface area contributed by atoms with Crippen molar-refractivity contribution in [3.05, 3.63) is 24.3 Å². The molecule has 108 valence electrons. The number of nitrogens with zero attached hydrogens (tertiary/aromatic N) is 1. The quantitative estimate of drug-likeness (QED) is 0.897. The topological polar surface area (TPSA) is 49.4 Å². The monoisotopic (exact) mass is 284 g/mol. The van der Waals surface area contributed by atoms with Gasteiger partial charge >= 0.3 is 0 Å². The van der Waals surface area contributed by atoms with Gasteiger partial charge in [-0.05, 0) is 45.0 Å². The molecule has 0 unspecified atom stereocenters. The van der Waals surface area contributed by atoms with Crippen LogP contribution in [0.3, 0.4) is 0 Å². The number of benzene rings is 1. The summed E-state index contributed by atoms with van der Waals surface area (Å²) < 4.78 is 22.7. The molecule has 0 aliphatic carbocycles. The van der Waals surface area contributed by atoms with E-state index in [1.165, 1.54) is 6.26 Å². The van der Waals surface area contributed by atoms with E-state index in [-0.39, 0.29) is 5.54 Å². The van der Waals surface area contributed by atoms with Gasteiger partial charge in [0.1, 0.15) is 0 Å². The van der Waals surface area contributed by atoms with E-state index in [9.17, 15) is 8.42 Å². The highest BCUT2D eigenvalue weighted by molar-refractivity contribution is 7.90. The average Bonchev–Trinajstić information content (AvgIpc) is 2.26. The van der Waals surface area contributed by atoms with Crippen molar-refractivity contribution >= 4 is 15.5 Å².